The number of carbonyl (C=O) groups is 1. The number of methoxy groups -OCH3 is 2. The molecule has 1 aliphatic rings. The first-order chi connectivity index (χ1) is 10.0. The third-order valence-corrected chi connectivity index (χ3v) is 4.49. The van der Waals surface area contributed by atoms with Crippen LogP contribution in [-0.2, 0) is 4.79 Å². The summed E-state index contributed by atoms with van der Waals surface area (Å²) in [5.74, 6) is 1.35. The van der Waals surface area contributed by atoms with E-state index in [1.165, 1.54) is 0 Å². The maximum atomic E-state index is 12.4. The van der Waals surface area contributed by atoms with Gasteiger partial charge >= 0.3 is 0 Å². The van der Waals surface area contributed by atoms with Crippen LogP contribution in [0, 0.1) is 5.92 Å². The number of amides is 1. The molecule has 1 fully saturated rings. The highest BCUT2D eigenvalue weighted by Gasteiger charge is 2.25. The van der Waals surface area contributed by atoms with Gasteiger partial charge in [-0.1, -0.05) is 0 Å². The SMILES string of the molecule is COc1cc(NC(=O)[C@H]2CCN[C@@H](C)C2)cc(OC)c1Br.Cl. The second-order valence-electron chi connectivity index (χ2n) is 5.26. The van der Waals surface area contributed by atoms with Gasteiger partial charge in [0.25, 0.3) is 0 Å². The standard InChI is InChI=1S/C15H21BrN2O3.ClH/c1-9-6-10(4-5-17-9)15(19)18-11-7-12(20-2)14(16)13(8-11)21-3;/h7-10,17H,4-6H2,1-3H3,(H,18,19);1H/t9-,10-;/m0./s1. The Morgan fingerprint density at radius 3 is 2.41 bits per heavy atom. The highest BCUT2D eigenvalue weighted by Crippen LogP contribution is 2.37. The molecule has 1 heterocycles. The second-order valence-corrected chi connectivity index (χ2v) is 6.05. The molecule has 0 saturated carbocycles. The van der Waals surface area contributed by atoms with Gasteiger partial charge in [-0.25, -0.2) is 0 Å². The molecule has 0 aromatic heterocycles. The summed E-state index contributed by atoms with van der Waals surface area (Å²) >= 11 is 3.42. The van der Waals surface area contributed by atoms with Crippen LogP contribution in [0.5, 0.6) is 11.5 Å². The van der Waals surface area contributed by atoms with E-state index in [1.54, 1.807) is 26.4 Å². The van der Waals surface area contributed by atoms with Crippen LogP contribution in [0.15, 0.2) is 16.6 Å². The lowest BCUT2D eigenvalue weighted by atomic mass is 9.92. The van der Waals surface area contributed by atoms with Gasteiger partial charge in [-0.15, -0.1) is 12.4 Å². The highest BCUT2D eigenvalue weighted by molar-refractivity contribution is 9.10. The Balaban J connectivity index is 0.00000242. The lowest BCUT2D eigenvalue weighted by Gasteiger charge is -2.27. The molecule has 2 atom stereocenters. The zero-order valence-corrected chi connectivity index (χ0v) is 15.3. The molecule has 1 aromatic carbocycles. The number of hydrogen-bond acceptors (Lipinski definition) is 4. The number of nitrogens with one attached hydrogen (secondary N) is 2. The van der Waals surface area contributed by atoms with Gasteiger partial charge in [0, 0.05) is 29.8 Å². The molecular formula is C15H22BrClN2O3. The first kappa shape index (κ1) is 19.1. The van der Waals surface area contributed by atoms with Gasteiger partial charge < -0.3 is 20.1 Å². The minimum atomic E-state index is 0. The van der Waals surface area contributed by atoms with Crippen molar-refractivity contribution in [1.29, 1.82) is 0 Å². The van der Waals surface area contributed by atoms with Crippen LogP contribution in [-0.4, -0.2) is 32.7 Å². The minimum absolute atomic E-state index is 0. The average molecular weight is 394 g/mol. The molecule has 0 aliphatic carbocycles. The second kappa shape index (κ2) is 8.60. The van der Waals surface area contributed by atoms with Crippen molar-refractivity contribution in [1.82, 2.24) is 5.32 Å². The quantitative estimate of drug-likeness (QED) is 0.824. The number of benzene rings is 1. The van der Waals surface area contributed by atoms with Crippen molar-refractivity contribution in [3.63, 3.8) is 0 Å². The predicted molar refractivity (Wildman–Crippen MR) is 93.3 cm³/mol. The Morgan fingerprint density at radius 1 is 1.32 bits per heavy atom. The fraction of sp³-hybridized carbons (Fsp3) is 0.533. The molecule has 1 amide bonds. The van der Waals surface area contributed by atoms with E-state index in [2.05, 4.69) is 33.5 Å². The Kier molecular flexibility index (Phi) is 7.45. The van der Waals surface area contributed by atoms with Gasteiger partial charge in [0.1, 0.15) is 16.0 Å². The fourth-order valence-corrected chi connectivity index (χ4v) is 3.11. The summed E-state index contributed by atoms with van der Waals surface area (Å²) in [5.41, 5.74) is 0.683. The van der Waals surface area contributed by atoms with Gasteiger partial charge in [-0.2, -0.15) is 0 Å². The third-order valence-electron chi connectivity index (χ3n) is 3.71. The first-order valence-corrected chi connectivity index (χ1v) is 7.80. The molecule has 1 aliphatic heterocycles. The molecule has 124 valence electrons. The summed E-state index contributed by atoms with van der Waals surface area (Å²) in [6.07, 6.45) is 1.72. The number of carbonyl (C=O) groups excluding carboxylic acids is 1. The molecule has 22 heavy (non-hydrogen) atoms. The topological polar surface area (TPSA) is 59.6 Å². The maximum absolute atomic E-state index is 12.4. The van der Waals surface area contributed by atoms with E-state index in [1.807, 2.05) is 0 Å². The highest BCUT2D eigenvalue weighted by atomic mass is 79.9. The average Bonchev–Trinajstić information content (AvgIpc) is 2.48. The molecule has 0 unspecified atom stereocenters. The lowest BCUT2D eigenvalue weighted by molar-refractivity contribution is -0.120. The number of hydrogen-bond donors (Lipinski definition) is 2. The van der Waals surface area contributed by atoms with E-state index in [-0.39, 0.29) is 24.2 Å². The number of ether oxygens (including phenoxy) is 2. The summed E-state index contributed by atoms with van der Waals surface area (Å²) in [6, 6.07) is 3.95. The molecule has 1 saturated heterocycles. The van der Waals surface area contributed by atoms with E-state index in [9.17, 15) is 4.79 Å². The van der Waals surface area contributed by atoms with Crippen LogP contribution in [0.4, 0.5) is 5.69 Å². The van der Waals surface area contributed by atoms with Crippen LogP contribution < -0.4 is 20.1 Å². The number of halogens is 2. The van der Waals surface area contributed by atoms with Gasteiger partial charge in [0.15, 0.2) is 0 Å². The number of rotatable bonds is 4. The van der Waals surface area contributed by atoms with Crippen molar-refractivity contribution in [3.8, 4) is 11.5 Å². The van der Waals surface area contributed by atoms with Crippen molar-refractivity contribution < 1.29 is 14.3 Å². The summed E-state index contributed by atoms with van der Waals surface area (Å²) in [5, 5.41) is 6.31. The van der Waals surface area contributed by atoms with Crippen molar-refractivity contribution >= 4 is 39.9 Å². The van der Waals surface area contributed by atoms with E-state index < -0.39 is 0 Å². The monoisotopic (exact) mass is 392 g/mol. The first-order valence-electron chi connectivity index (χ1n) is 7.01. The van der Waals surface area contributed by atoms with Crippen molar-refractivity contribution in [2.45, 2.75) is 25.8 Å². The fourth-order valence-electron chi connectivity index (χ4n) is 2.56. The minimum Gasteiger partial charge on any atom is -0.495 e. The zero-order valence-electron chi connectivity index (χ0n) is 12.9. The smallest absolute Gasteiger partial charge is 0.227 e. The van der Waals surface area contributed by atoms with Crippen molar-refractivity contribution in [2.75, 3.05) is 26.1 Å². The lowest BCUT2D eigenvalue weighted by Crippen LogP contribution is -2.40. The van der Waals surface area contributed by atoms with Crippen molar-refractivity contribution in [2.24, 2.45) is 5.92 Å². The zero-order chi connectivity index (χ0) is 15.4. The van der Waals surface area contributed by atoms with Gasteiger partial charge in [-0.3, -0.25) is 4.79 Å². The summed E-state index contributed by atoms with van der Waals surface area (Å²) in [4.78, 5) is 12.4. The molecule has 5 nitrogen and oxygen atoms in total. The molecule has 0 spiro atoms. The molecule has 0 bridgehead atoms. The number of piperidine rings is 1. The van der Waals surface area contributed by atoms with E-state index >= 15 is 0 Å². The largest absolute Gasteiger partial charge is 0.495 e. The summed E-state index contributed by atoms with van der Waals surface area (Å²) in [6.45, 7) is 2.98. The molecule has 2 rings (SSSR count). The maximum Gasteiger partial charge on any atom is 0.227 e. The van der Waals surface area contributed by atoms with Gasteiger partial charge in [0.2, 0.25) is 5.91 Å². The Bertz CT molecular complexity index is 503. The Morgan fingerprint density at radius 2 is 1.91 bits per heavy atom. The Hall–Kier alpha value is -0.980. The van der Waals surface area contributed by atoms with Crippen molar-refractivity contribution in [3.05, 3.63) is 16.6 Å². The normalized spacial score (nSPS) is 20.7. The van der Waals surface area contributed by atoms with Crippen LogP contribution >= 0.6 is 28.3 Å². The third kappa shape index (κ3) is 4.51. The summed E-state index contributed by atoms with van der Waals surface area (Å²) in [7, 11) is 3.17. The molecule has 1 aromatic rings. The predicted octanol–water partition coefficient (Wildman–Crippen LogP) is 3.21. The molecule has 7 heteroatoms. The van der Waals surface area contributed by atoms with Gasteiger partial charge in [0.05, 0.1) is 14.2 Å². The van der Waals surface area contributed by atoms with Crippen LogP contribution in [0.2, 0.25) is 0 Å². The van der Waals surface area contributed by atoms with E-state index in [0.717, 1.165) is 23.9 Å². The molecule has 2 N–H and O–H groups in total. The molecule has 0 radical (unpaired) electrons. The number of anilines is 1. The van der Waals surface area contributed by atoms with Crippen LogP contribution in [0.25, 0.3) is 0 Å². The van der Waals surface area contributed by atoms with Gasteiger partial charge in [-0.05, 0) is 42.2 Å². The summed E-state index contributed by atoms with van der Waals surface area (Å²) < 4.78 is 11.3. The van der Waals surface area contributed by atoms with Crippen LogP contribution in [0.1, 0.15) is 19.8 Å². The van der Waals surface area contributed by atoms with Crippen LogP contribution in [0.3, 0.4) is 0 Å². The van der Waals surface area contributed by atoms with E-state index in [4.69, 9.17) is 9.47 Å². The molecular weight excluding hydrogens is 372 g/mol. The van der Waals surface area contributed by atoms with E-state index in [0.29, 0.717) is 23.2 Å². The Labute approximate surface area is 145 Å².